The van der Waals surface area contributed by atoms with Crippen LogP contribution in [-0.2, 0) is 5.41 Å². The highest BCUT2D eigenvalue weighted by atomic mass is 15.1. The van der Waals surface area contributed by atoms with Gasteiger partial charge in [-0.2, -0.15) is 0 Å². The Labute approximate surface area is 374 Å². The van der Waals surface area contributed by atoms with Gasteiger partial charge in [0.2, 0.25) is 0 Å². The van der Waals surface area contributed by atoms with E-state index in [1.54, 1.807) is 0 Å². The molecule has 1 spiro atoms. The van der Waals surface area contributed by atoms with Crippen molar-refractivity contribution in [3.8, 4) is 44.5 Å². The molecule has 0 saturated heterocycles. The number of anilines is 3. The summed E-state index contributed by atoms with van der Waals surface area (Å²) in [5.74, 6) is 0. The molecular formula is C63H45N. The van der Waals surface area contributed by atoms with Gasteiger partial charge in [-0.25, -0.2) is 0 Å². The lowest BCUT2D eigenvalue weighted by Gasteiger charge is -2.31. The van der Waals surface area contributed by atoms with Gasteiger partial charge >= 0.3 is 0 Å². The molecule has 13 rings (SSSR count). The molecule has 302 valence electrons. The largest absolute Gasteiger partial charge is 0.310 e. The van der Waals surface area contributed by atoms with Gasteiger partial charge in [0.1, 0.15) is 0 Å². The average Bonchev–Trinajstić information content (AvgIpc) is 3.81. The SMILES string of the molecule is Cc1c(C)c(N(c2ccccc2)c2ccccc2)c(C)c(C)c1-c1cc2ccc3cc(-c4ccc5c(c4)C4(c6ccccc6-c6ccccc64)c4ccccc4-5)cc4ccc(c1)c2c34. The summed E-state index contributed by atoms with van der Waals surface area (Å²) in [6.07, 6.45) is 0. The predicted octanol–water partition coefficient (Wildman–Crippen LogP) is 17.0. The molecule has 0 unspecified atom stereocenters. The number of hydrogen-bond acceptors (Lipinski definition) is 1. The summed E-state index contributed by atoms with van der Waals surface area (Å²) in [4.78, 5) is 2.43. The number of fused-ring (bicyclic) bond motifs is 10. The number of hydrogen-bond donors (Lipinski definition) is 0. The molecule has 0 aromatic heterocycles. The van der Waals surface area contributed by atoms with Gasteiger partial charge in [-0.1, -0.05) is 146 Å². The highest BCUT2D eigenvalue weighted by Crippen LogP contribution is 2.63. The van der Waals surface area contributed by atoms with Gasteiger partial charge in [-0.05, 0) is 204 Å². The molecule has 11 aromatic carbocycles. The van der Waals surface area contributed by atoms with Gasteiger partial charge in [-0.3, -0.25) is 0 Å². The zero-order valence-corrected chi connectivity index (χ0v) is 36.5. The molecule has 0 saturated carbocycles. The highest BCUT2D eigenvalue weighted by molar-refractivity contribution is 6.24. The number of nitrogens with zero attached hydrogens (tertiary/aromatic N) is 1. The minimum absolute atomic E-state index is 0.361. The van der Waals surface area contributed by atoms with Crippen molar-refractivity contribution in [3.05, 3.63) is 245 Å². The summed E-state index contributed by atoms with van der Waals surface area (Å²) in [5.41, 5.74) is 24.4. The summed E-state index contributed by atoms with van der Waals surface area (Å²) in [6.45, 7) is 9.22. The maximum absolute atomic E-state index is 2.51. The first-order valence-electron chi connectivity index (χ1n) is 22.6. The first-order chi connectivity index (χ1) is 31.4. The fraction of sp³-hybridized carbons (Fsp3) is 0.0794. The van der Waals surface area contributed by atoms with E-state index in [2.05, 4.69) is 233 Å². The highest BCUT2D eigenvalue weighted by Gasteiger charge is 2.51. The third-order valence-electron chi connectivity index (χ3n) is 15.0. The van der Waals surface area contributed by atoms with Crippen molar-refractivity contribution in [2.24, 2.45) is 0 Å². The van der Waals surface area contributed by atoms with Crippen LogP contribution in [0.2, 0.25) is 0 Å². The fourth-order valence-electron chi connectivity index (χ4n) is 12.0. The van der Waals surface area contributed by atoms with Crippen LogP contribution in [0, 0.1) is 27.7 Å². The topological polar surface area (TPSA) is 3.24 Å². The molecule has 0 amide bonds. The lowest BCUT2D eigenvalue weighted by Crippen LogP contribution is -2.25. The Hall–Kier alpha value is -7.74. The molecule has 64 heavy (non-hydrogen) atoms. The molecule has 0 fully saturated rings. The molecule has 1 nitrogen and oxygen atoms in total. The molecule has 11 aromatic rings. The maximum Gasteiger partial charge on any atom is 0.0725 e. The van der Waals surface area contributed by atoms with Crippen molar-refractivity contribution >= 4 is 49.4 Å². The van der Waals surface area contributed by atoms with Crippen LogP contribution in [0.3, 0.4) is 0 Å². The van der Waals surface area contributed by atoms with E-state index >= 15 is 0 Å². The van der Waals surface area contributed by atoms with Gasteiger partial charge < -0.3 is 4.90 Å². The zero-order chi connectivity index (χ0) is 42.8. The van der Waals surface area contributed by atoms with Crippen LogP contribution >= 0.6 is 0 Å². The minimum Gasteiger partial charge on any atom is -0.310 e. The molecule has 0 heterocycles. The quantitative estimate of drug-likeness (QED) is 0.156. The third kappa shape index (κ3) is 4.95. The van der Waals surface area contributed by atoms with Crippen molar-refractivity contribution < 1.29 is 0 Å². The molecule has 0 aliphatic heterocycles. The van der Waals surface area contributed by atoms with Crippen LogP contribution in [0.4, 0.5) is 17.1 Å². The van der Waals surface area contributed by atoms with Crippen LogP contribution in [0.5, 0.6) is 0 Å². The van der Waals surface area contributed by atoms with Crippen LogP contribution in [0.15, 0.2) is 200 Å². The van der Waals surface area contributed by atoms with E-state index in [9.17, 15) is 0 Å². The van der Waals surface area contributed by atoms with E-state index in [1.165, 1.54) is 127 Å². The summed E-state index contributed by atoms with van der Waals surface area (Å²) in [5, 5.41) is 7.79. The van der Waals surface area contributed by atoms with E-state index in [0.29, 0.717) is 0 Å². The van der Waals surface area contributed by atoms with Gasteiger partial charge in [0.25, 0.3) is 0 Å². The van der Waals surface area contributed by atoms with Crippen LogP contribution < -0.4 is 4.90 Å². The lowest BCUT2D eigenvalue weighted by molar-refractivity contribution is 0.794. The summed E-state index contributed by atoms with van der Waals surface area (Å²) in [7, 11) is 0. The second kappa shape index (κ2) is 13.6. The summed E-state index contributed by atoms with van der Waals surface area (Å²) in [6, 6.07) is 75.1. The van der Waals surface area contributed by atoms with Gasteiger partial charge in [-0.15, -0.1) is 0 Å². The van der Waals surface area contributed by atoms with Crippen molar-refractivity contribution in [1.29, 1.82) is 0 Å². The van der Waals surface area contributed by atoms with Gasteiger partial charge in [0, 0.05) is 11.4 Å². The molecule has 1 heteroatoms. The van der Waals surface area contributed by atoms with E-state index in [-0.39, 0.29) is 5.41 Å². The van der Waals surface area contributed by atoms with Crippen LogP contribution in [0.1, 0.15) is 44.5 Å². The monoisotopic (exact) mass is 815 g/mol. The summed E-state index contributed by atoms with van der Waals surface area (Å²) >= 11 is 0. The van der Waals surface area contributed by atoms with Crippen LogP contribution in [-0.4, -0.2) is 0 Å². The molecule has 0 atom stereocenters. The standard InChI is InChI=1S/C63H45N/c1-38-40(3)62(64(49-17-7-5-8-18-49)50-19-9-6-10-20-50)41(4)39(2)59(38)48-35-45-29-27-43-33-47(34-44-28-30-46(36-48)61(45)60(43)44)42-31-32-54-53-23-13-16-26-57(53)63(58(54)37-42)55-24-14-11-21-51(55)52-22-12-15-25-56(52)63/h5-37H,1-4H3. The Morgan fingerprint density at radius 2 is 0.703 bits per heavy atom. The second-order valence-corrected chi connectivity index (χ2v) is 18.1. The Kier molecular flexibility index (Phi) is 7.85. The van der Waals surface area contributed by atoms with E-state index in [4.69, 9.17) is 0 Å². The smallest absolute Gasteiger partial charge is 0.0725 e. The van der Waals surface area contributed by atoms with Crippen LogP contribution in [0.25, 0.3) is 76.8 Å². The summed E-state index contributed by atoms with van der Waals surface area (Å²) < 4.78 is 0. The molecule has 0 bridgehead atoms. The molecule has 0 radical (unpaired) electrons. The van der Waals surface area contributed by atoms with E-state index < -0.39 is 0 Å². The first-order valence-corrected chi connectivity index (χ1v) is 22.6. The molecule has 2 aliphatic carbocycles. The Morgan fingerprint density at radius 3 is 1.16 bits per heavy atom. The Balaban J connectivity index is 0.944. The minimum atomic E-state index is -0.361. The predicted molar refractivity (Wildman–Crippen MR) is 271 cm³/mol. The lowest BCUT2D eigenvalue weighted by atomic mass is 9.70. The third-order valence-corrected chi connectivity index (χ3v) is 15.0. The molecular weight excluding hydrogens is 771 g/mol. The van der Waals surface area contributed by atoms with Crippen molar-refractivity contribution in [1.82, 2.24) is 0 Å². The average molecular weight is 816 g/mol. The van der Waals surface area contributed by atoms with Crippen molar-refractivity contribution in [2.75, 3.05) is 4.90 Å². The normalized spacial score (nSPS) is 13.1. The van der Waals surface area contributed by atoms with Crippen molar-refractivity contribution in [3.63, 3.8) is 0 Å². The van der Waals surface area contributed by atoms with Gasteiger partial charge in [0.05, 0.1) is 11.1 Å². The van der Waals surface area contributed by atoms with E-state index in [1.807, 2.05) is 0 Å². The number of rotatable bonds is 5. The molecule has 0 N–H and O–H groups in total. The Bertz CT molecular complexity index is 3510. The maximum atomic E-state index is 2.51. The Morgan fingerprint density at radius 1 is 0.312 bits per heavy atom. The molecule has 2 aliphatic rings. The van der Waals surface area contributed by atoms with E-state index in [0.717, 1.165) is 11.4 Å². The number of para-hydroxylation sites is 2. The fourth-order valence-corrected chi connectivity index (χ4v) is 12.0. The first kappa shape index (κ1) is 36.9. The number of benzene rings is 11. The van der Waals surface area contributed by atoms with Crippen molar-refractivity contribution in [2.45, 2.75) is 33.1 Å². The zero-order valence-electron chi connectivity index (χ0n) is 36.5. The second-order valence-electron chi connectivity index (χ2n) is 18.1. The van der Waals surface area contributed by atoms with Gasteiger partial charge in [0.15, 0.2) is 0 Å².